The first kappa shape index (κ1) is 18.9. The lowest BCUT2D eigenvalue weighted by Gasteiger charge is -2.25. The summed E-state index contributed by atoms with van der Waals surface area (Å²) >= 11 is 0. The highest BCUT2D eigenvalue weighted by Crippen LogP contribution is 2.46. The van der Waals surface area contributed by atoms with Crippen molar-refractivity contribution in [3.05, 3.63) is 95.6 Å². The second kappa shape index (κ2) is 7.89. The highest BCUT2D eigenvalue weighted by Gasteiger charge is 2.39. The summed E-state index contributed by atoms with van der Waals surface area (Å²) in [5.41, 5.74) is 4.47. The number of amides is 1. The number of carbonyl (C=O) groups excluding carboxylic acids is 1. The molecule has 0 heterocycles. The van der Waals surface area contributed by atoms with E-state index in [0.29, 0.717) is 5.56 Å². The maximum absolute atomic E-state index is 13.0. The molecule has 1 aliphatic rings. The van der Waals surface area contributed by atoms with Gasteiger partial charge in [0.1, 0.15) is 6.04 Å². The topological polar surface area (TPSA) is 75.6 Å². The van der Waals surface area contributed by atoms with E-state index in [1.807, 2.05) is 66.7 Å². The normalized spacial score (nSPS) is 14.5. The minimum Gasteiger partial charge on any atom is -0.480 e. The van der Waals surface area contributed by atoms with Gasteiger partial charge in [0.2, 0.25) is 0 Å². The number of benzene rings is 3. The highest BCUT2D eigenvalue weighted by molar-refractivity contribution is 5.90. The van der Waals surface area contributed by atoms with Gasteiger partial charge in [-0.2, -0.15) is 0 Å². The van der Waals surface area contributed by atoms with Crippen molar-refractivity contribution in [1.82, 2.24) is 5.32 Å². The molecule has 5 heteroatoms. The Morgan fingerprint density at radius 3 is 1.90 bits per heavy atom. The first-order valence-electron chi connectivity index (χ1n) is 9.41. The van der Waals surface area contributed by atoms with Crippen molar-refractivity contribution < 1.29 is 19.4 Å². The third-order valence-corrected chi connectivity index (χ3v) is 5.36. The van der Waals surface area contributed by atoms with E-state index in [1.165, 1.54) is 7.11 Å². The van der Waals surface area contributed by atoms with E-state index in [0.717, 1.165) is 22.3 Å². The molecule has 0 aromatic heterocycles. The summed E-state index contributed by atoms with van der Waals surface area (Å²) in [7, 11) is 1.44. The molecule has 146 valence electrons. The standard InChI is InChI=1S/C24H21NO4/c1-29-22(15-9-3-2-4-10-15)23(26)25-21(24(27)28)20-18-13-7-5-11-16(18)17-12-6-8-14-19(17)20/h2-14,20-22H,1H3,(H,25,26)(H,27,28)/t21-,22+/m1/s1. The van der Waals surface area contributed by atoms with Crippen LogP contribution in [0.25, 0.3) is 11.1 Å². The number of fused-ring (bicyclic) bond motifs is 3. The number of nitrogens with one attached hydrogen (secondary N) is 1. The fourth-order valence-electron chi connectivity index (χ4n) is 4.09. The molecule has 4 rings (SSSR count). The molecule has 1 amide bonds. The van der Waals surface area contributed by atoms with Crippen molar-refractivity contribution >= 4 is 11.9 Å². The van der Waals surface area contributed by atoms with Gasteiger partial charge in [0.25, 0.3) is 5.91 Å². The summed E-state index contributed by atoms with van der Waals surface area (Å²) in [6.45, 7) is 0. The van der Waals surface area contributed by atoms with Gasteiger partial charge in [-0.15, -0.1) is 0 Å². The van der Waals surface area contributed by atoms with Crippen molar-refractivity contribution in [2.45, 2.75) is 18.1 Å². The molecule has 0 bridgehead atoms. The summed E-state index contributed by atoms with van der Waals surface area (Å²) in [5.74, 6) is -2.04. The molecular formula is C24H21NO4. The molecule has 0 unspecified atom stereocenters. The molecule has 29 heavy (non-hydrogen) atoms. The molecule has 5 nitrogen and oxygen atoms in total. The first-order chi connectivity index (χ1) is 14.1. The lowest BCUT2D eigenvalue weighted by atomic mass is 9.89. The van der Waals surface area contributed by atoms with Crippen LogP contribution in [0.5, 0.6) is 0 Å². The fraction of sp³-hybridized carbons (Fsp3) is 0.167. The van der Waals surface area contributed by atoms with Gasteiger partial charge in [-0.05, 0) is 27.8 Å². The van der Waals surface area contributed by atoms with Crippen LogP contribution in [-0.4, -0.2) is 30.1 Å². The van der Waals surface area contributed by atoms with Gasteiger partial charge in [-0.25, -0.2) is 4.79 Å². The summed E-state index contributed by atoms with van der Waals surface area (Å²) in [4.78, 5) is 25.2. The number of hydrogen-bond donors (Lipinski definition) is 2. The molecule has 3 aromatic rings. The van der Waals surface area contributed by atoms with E-state index in [4.69, 9.17) is 4.74 Å². The average Bonchev–Trinajstić information content (AvgIpc) is 3.07. The van der Waals surface area contributed by atoms with Crippen molar-refractivity contribution in [2.24, 2.45) is 0 Å². The number of methoxy groups -OCH3 is 1. The van der Waals surface area contributed by atoms with Gasteiger partial charge in [0.05, 0.1) is 0 Å². The third-order valence-electron chi connectivity index (χ3n) is 5.36. The molecule has 2 N–H and O–H groups in total. The Balaban J connectivity index is 1.70. The third kappa shape index (κ3) is 3.41. The van der Waals surface area contributed by atoms with Crippen LogP contribution >= 0.6 is 0 Å². The number of ether oxygens (including phenoxy) is 1. The maximum Gasteiger partial charge on any atom is 0.327 e. The average molecular weight is 387 g/mol. The Morgan fingerprint density at radius 1 is 0.862 bits per heavy atom. The monoisotopic (exact) mass is 387 g/mol. The van der Waals surface area contributed by atoms with Gasteiger partial charge in [0.15, 0.2) is 6.10 Å². The van der Waals surface area contributed by atoms with Crippen molar-refractivity contribution in [3.8, 4) is 11.1 Å². The van der Waals surface area contributed by atoms with Crippen LogP contribution < -0.4 is 5.32 Å². The van der Waals surface area contributed by atoms with Crippen LogP contribution in [0.3, 0.4) is 0 Å². The predicted octanol–water partition coefficient (Wildman–Crippen LogP) is 3.76. The maximum atomic E-state index is 13.0. The zero-order valence-electron chi connectivity index (χ0n) is 15.9. The molecule has 0 saturated carbocycles. The van der Waals surface area contributed by atoms with E-state index >= 15 is 0 Å². The Bertz CT molecular complexity index is 1000. The lowest BCUT2D eigenvalue weighted by Crippen LogP contribution is -2.46. The molecule has 0 saturated heterocycles. The Kier molecular flexibility index (Phi) is 5.14. The smallest absolute Gasteiger partial charge is 0.327 e. The van der Waals surface area contributed by atoms with Gasteiger partial charge in [-0.3, -0.25) is 4.79 Å². The largest absolute Gasteiger partial charge is 0.480 e. The fourth-order valence-corrected chi connectivity index (χ4v) is 4.09. The van der Waals surface area contributed by atoms with E-state index < -0.39 is 29.9 Å². The molecule has 0 spiro atoms. The van der Waals surface area contributed by atoms with Crippen LogP contribution in [0, 0.1) is 0 Å². The number of carbonyl (C=O) groups is 2. The Labute approximate surface area is 169 Å². The number of aliphatic carboxylic acids is 1. The highest BCUT2D eigenvalue weighted by atomic mass is 16.5. The predicted molar refractivity (Wildman–Crippen MR) is 109 cm³/mol. The number of rotatable bonds is 6. The van der Waals surface area contributed by atoms with E-state index in [2.05, 4.69) is 5.32 Å². The van der Waals surface area contributed by atoms with E-state index in [1.54, 1.807) is 12.1 Å². The summed E-state index contributed by atoms with van der Waals surface area (Å²) < 4.78 is 5.38. The second-order valence-electron chi connectivity index (χ2n) is 7.00. The molecule has 0 fully saturated rings. The molecule has 3 aromatic carbocycles. The SMILES string of the molecule is CO[C@H](C(=O)N[C@@H](C(=O)O)C1c2ccccc2-c2ccccc21)c1ccccc1. The minimum absolute atomic E-state index is 0.475. The van der Waals surface area contributed by atoms with Crippen molar-refractivity contribution in [3.63, 3.8) is 0 Å². The van der Waals surface area contributed by atoms with Crippen LogP contribution in [0.1, 0.15) is 28.7 Å². The summed E-state index contributed by atoms with van der Waals surface area (Å²) in [6.07, 6.45) is -0.884. The Morgan fingerprint density at radius 2 is 1.38 bits per heavy atom. The number of hydrogen-bond acceptors (Lipinski definition) is 3. The zero-order valence-corrected chi connectivity index (χ0v) is 15.9. The lowest BCUT2D eigenvalue weighted by molar-refractivity contribution is -0.144. The number of carboxylic acid groups (broad SMARTS) is 1. The number of carboxylic acids is 1. The van der Waals surface area contributed by atoms with Gasteiger partial charge in [0, 0.05) is 13.0 Å². The molecule has 0 radical (unpaired) electrons. The minimum atomic E-state index is -1.12. The van der Waals surface area contributed by atoms with Crippen LogP contribution in [-0.2, 0) is 14.3 Å². The van der Waals surface area contributed by atoms with Crippen molar-refractivity contribution in [2.75, 3.05) is 7.11 Å². The zero-order chi connectivity index (χ0) is 20.4. The van der Waals surface area contributed by atoms with Crippen LogP contribution in [0.15, 0.2) is 78.9 Å². The van der Waals surface area contributed by atoms with Gasteiger partial charge in [-0.1, -0.05) is 78.9 Å². The quantitative estimate of drug-likeness (QED) is 0.675. The first-order valence-corrected chi connectivity index (χ1v) is 9.41. The molecule has 1 aliphatic carbocycles. The van der Waals surface area contributed by atoms with E-state index in [-0.39, 0.29) is 0 Å². The van der Waals surface area contributed by atoms with Gasteiger partial charge < -0.3 is 15.2 Å². The Hall–Kier alpha value is -3.44. The molecule has 2 atom stereocenters. The van der Waals surface area contributed by atoms with Crippen LogP contribution in [0.4, 0.5) is 0 Å². The van der Waals surface area contributed by atoms with Crippen molar-refractivity contribution in [1.29, 1.82) is 0 Å². The van der Waals surface area contributed by atoms with Crippen LogP contribution in [0.2, 0.25) is 0 Å². The summed E-state index contributed by atoms with van der Waals surface area (Å²) in [6, 6.07) is 23.4. The molecule has 0 aliphatic heterocycles. The molecular weight excluding hydrogens is 366 g/mol. The second-order valence-corrected chi connectivity index (χ2v) is 7.00. The van der Waals surface area contributed by atoms with Gasteiger partial charge >= 0.3 is 5.97 Å². The van der Waals surface area contributed by atoms with E-state index in [9.17, 15) is 14.7 Å². The summed E-state index contributed by atoms with van der Waals surface area (Å²) in [5, 5.41) is 12.7.